The third-order valence-electron chi connectivity index (χ3n) is 3.36. The topological polar surface area (TPSA) is 52.6 Å². The molecule has 22 heavy (non-hydrogen) atoms. The molecule has 8 heteroatoms. The number of imide groups is 1. The molecule has 120 valence electrons. The van der Waals surface area contributed by atoms with Crippen LogP contribution in [0.25, 0.3) is 0 Å². The molecule has 2 rings (SSSR count). The number of nitrogens with one attached hydrogen (secondary N) is 1. The molecule has 0 bridgehead atoms. The van der Waals surface area contributed by atoms with Crippen LogP contribution in [0.15, 0.2) is 12.1 Å². The van der Waals surface area contributed by atoms with E-state index in [1.54, 1.807) is 0 Å². The molecule has 0 spiro atoms. The number of carbonyl (C=O) groups excluding carboxylic acids is 2. The normalized spacial score (nSPS) is 18.3. The maximum absolute atomic E-state index is 12.4. The molecule has 1 aromatic carbocycles. The first kappa shape index (κ1) is 17.3. The Morgan fingerprint density at radius 2 is 1.77 bits per heavy atom. The van der Waals surface area contributed by atoms with Gasteiger partial charge in [-0.25, -0.2) is 4.79 Å². The van der Waals surface area contributed by atoms with Crippen LogP contribution < -0.4 is 5.32 Å². The van der Waals surface area contributed by atoms with Crippen molar-refractivity contribution in [2.45, 2.75) is 12.5 Å². The van der Waals surface area contributed by atoms with Crippen LogP contribution in [0.3, 0.4) is 0 Å². The molecule has 0 saturated carbocycles. The summed E-state index contributed by atoms with van der Waals surface area (Å²) in [6, 6.07) is 1.73. The zero-order valence-corrected chi connectivity index (χ0v) is 14.5. The molecule has 1 atom stereocenters. The van der Waals surface area contributed by atoms with E-state index in [9.17, 15) is 9.59 Å². The lowest BCUT2D eigenvalue weighted by atomic mass is 10.1. The molecule has 0 aromatic heterocycles. The molecule has 1 aromatic rings. The summed E-state index contributed by atoms with van der Waals surface area (Å²) in [5.74, 6) is -0.330. The van der Waals surface area contributed by atoms with Gasteiger partial charge in [-0.05, 0) is 39.2 Å². The molecule has 0 radical (unpaired) electrons. The van der Waals surface area contributed by atoms with Crippen LogP contribution in [0.1, 0.15) is 18.0 Å². The standard InChI is InChI=1S/C14H16Cl3N3O2/c1-19(2)4-3-5-20-13(21)12(18-14(20)22)8-6-10(16)11(17)7-9(8)15/h6-7,12H,3-5H2,1-2H3,(H,18,22). The highest BCUT2D eigenvalue weighted by molar-refractivity contribution is 6.43. The average molecular weight is 365 g/mol. The van der Waals surface area contributed by atoms with E-state index >= 15 is 0 Å². The molecular weight excluding hydrogens is 349 g/mol. The Bertz CT molecular complexity index is 607. The molecule has 1 saturated heterocycles. The van der Waals surface area contributed by atoms with Gasteiger partial charge >= 0.3 is 6.03 Å². The van der Waals surface area contributed by atoms with E-state index in [1.807, 2.05) is 19.0 Å². The first-order chi connectivity index (χ1) is 10.3. The van der Waals surface area contributed by atoms with E-state index in [2.05, 4.69) is 5.32 Å². The number of nitrogens with zero attached hydrogens (tertiary/aromatic N) is 2. The summed E-state index contributed by atoms with van der Waals surface area (Å²) in [4.78, 5) is 27.6. The highest BCUT2D eigenvalue weighted by atomic mass is 35.5. The third kappa shape index (κ3) is 3.66. The Labute approximate surface area is 144 Å². The van der Waals surface area contributed by atoms with Gasteiger partial charge in [0.25, 0.3) is 5.91 Å². The van der Waals surface area contributed by atoms with Crippen molar-refractivity contribution < 1.29 is 9.59 Å². The van der Waals surface area contributed by atoms with Crippen LogP contribution in [-0.4, -0.2) is 48.9 Å². The molecule has 3 amide bonds. The van der Waals surface area contributed by atoms with Gasteiger partial charge < -0.3 is 10.2 Å². The van der Waals surface area contributed by atoms with Gasteiger partial charge in [-0.2, -0.15) is 0 Å². The van der Waals surface area contributed by atoms with Crippen molar-refractivity contribution in [2.24, 2.45) is 0 Å². The lowest BCUT2D eigenvalue weighted by molar-refractivity contribution is -0.127. The number of urea groups is 1. The second-order valence-corrected chi connectivity index (χ2v) is 6.54. The smallest absolute Gasteiger partial charge is 0.322 e. The van der Waals surface area contributed by atoms with Gasteiger partial charge in [0.1, 0.15) is 6.04 Å². The summed E-state index contributed by atoms with van der Waals surface area (Å²) in [5, 5.41) is 3.52. The minimum atomic E-state index is -0.825. The second-order valence-electron chi connectivity index (χ2n) is 5.32. The molecule has 1 aliphatic heterocycles. The zero-order chi connectivity index (χ0) is 16.4. The Kier molecular flexibility index (Phi) is 5.55. The third-order valence-corrected chi connectivity index (χ3v) is 4.41. The predicted molar refractivity (Wildman–Crippen MR) is 87.6 cm³/mol. The Morgan fingerprint density at radius 3 is 2.41 bits per heavy atom. The van der Waals surface area contributed by atoms with Crippen LogP contribution in [0.5, 0.6) is 0 Å². The molecule has 1 fully saturated rings. The molecular formula is C14H16Cl3N3O2. The van der Waals surface area contributed by atoms with Crippen molar-refractivity contribution in [3.63, 3.8) is 0 Å². The summed E-state index contributed by atoms with van der Waals surface area (Å²) in [7, 11) is 3.87. The maximum atomic E-state index is 12.4. The Balaban J connectivity index is 2.16. The summed E-state index contributed by atoms with van der Waals surface area (Å²) >= 11 is 18.0. The number of halogens is 3. The van der Waals surface area contributed by atoms with Crippen molar-refractivity contribution in [2.75, 3.05) is 27.2 Å². The SMILES string of the molecule is CN(C)CCCN1C(=O)NC(c2cc(Cl)c(Cl)cc2Cl)C1=O. The highest BCUT2D eigenvalue weighted by Gasteiger charge is 2.39. The first-order valence-corrected chi connectivity index (χ1v) is 7.85. The summed E-state index contributed by atoms with van der Waals surface area (Å²) in [6.45, 7) is 1.15. The summed E-state index contributed by atoms with van der Waals surface area (Å²) in [5.41, 5.74) is 0.449. The van der Waals surface area contributed by atoms with Crippen molar-refractivity contribution in [3.05, 3.63) is 32.8 Å². The molecule has 5 nitrogen and oxygen atoms in total. The highest BCUT2D eigenvalue weighted by Crippen LogP contribution is 2.34. The van der Waals surface area contributed by atoms with E-state index in [-0.39, 0.29) is 10.9 Å². The van der Waals surface area contributed by atoms with Crippen LogP contribution >= 0.6 is 34.8 Å². The molecule has 1 aliphatic rings. The van der Waals surface area contributed by atoms with Gasteiger partial charge in [0, 0.05) is 17.1 Å². The van der Waals surface area contributed by atoms with Gasteiger partial charge in [-0.15, -0.1) is 0 Å². The lowest BCUT2D eigenvalue weighted by Crippen LogP contribution is -2.33. The van der Waals surface area contributed by atoms with Crippen LogP contribution in [-0.2, 0) is 4.79 Å². The fraction of sp³-hybridized carbons (Fsp3) is 0.429. The van der Waals surface area contributed by atoms with Gasteiger partial charge in [-0.1, -0.05) is 34.8 Å². The largest absolute Gasteiger partial charge is 0.325 e. The Hall–Kier alpha value is -1.01. The van der Waals surface area contributed by atoms with E-state index in [0.717, 1.165) is 6.54 Å². The van der Waals surface area contributed by atoms with Crippen molar-refractivity contribution in [1.29, 1.82) is 0 Å². The fourth-order valence-electron chi connectivity index (χ4n) is 2.25. The van der Waals surface area contributed by atoms with Crippen molar-refractivity contribution in [3.8, 4) is 0 Å². The predicted octanol–water partition coefficient (Wildman–Crippen LogP) is 3.19. The first-order valence-electron chi connectivity index (χ1n) is 6.72. The number of amides is 3. The number of carbonyl (C=O) groups is 2. The number of benzene rings is 1. The number of hydrogen-bond acceptors (Lipinski definition) is 3. The molecule has 1 N–H and O–H groups in total. The van der Waals surface area contributed by atoms with Crippen molar-refractivity contribution >= 4 is 46.7 Å². The average Bonchev–Trinajstić information content (AvgIpc) is 2.70. The minimum absolute atomic E-state index is 0.286. The summed E-state index contributed by atoms with van der Waals surface area (Å²) < 4.78 is 0. The number of hydrogen-bond donors (Lipinski definition) is 1. The van der Waals surface area contributed by atoms with Crippen LogP contribution in [0.4, 0.5) is 4.79 Å². The van der Waals surface area contributed by atoms with Crippen LogP contribution in [0.2, 0.25) is 15.1 Å². The zero-order valence-electron chi connectivity index (χ0n) is 12.2. The summed E-state index contributed by atoms with van der Waals surface area (Å²) in [6.07, 6.45) is 0.702. The maximum Gasteiger partial charge on any atom is 0.325 e. The van der Waals surface area contributed by atoms with E-state index in [4.69, 9.17) is 34.8 Å². The monoisotopic (exact) mass is 363 g/mol. The van der Waals surface area contributed by atoms with Gasteiger partial charge in [0.2, 0.25) is 0 Å². The molecule has 1 unspecified atom stereocenters. The van der Waals surface area contributed by atoms with Gasteiger partial charge in [0.15, 0.2) is 0 Å². The lowest BCUT2D eigenvalue weighted by Gasteiger charge is -2.15. The quantitative estimate of drug-likeness (QED) is 0.645. The van der Waals surface area contributed by atoms with E-state index in [1.165, 1.54) is 17.0 Å². The van der Waals surface area contributed by atoms with Gasteiger partial charge in [0.05, 0.1) is 10.0 Å². The Morgan fingerprint density at radius 1 is 1.14 bits per heavy atom. The molecule has 0 aliphatic carbocycles. The van der Waals surface area contributed by atoms with E-state index in [0.29, 0.717) is 28.6 Å². The minimum Gasteiger partial charge on any atom is -0.322 e. The fourth-order valence-corrected chi connectivity index (χ4v) is 2.91. The van der Waals surface area contributed by atoms with Crippen LogP contribution in [0, 0.1) is 0 Å². The second kappa shape index (κ2) is 7.04. The van der Waals surface area contributed by atoms with Gasteiger partial charge in [-0.3, -0.25) is 9.69 Å². The van der Waals surface area contributed by atoms with E-state index < -0.39 is 12.1 Å². The molecule has 1 heterocycles. The van der Waals surface area contributed by atoms with Crippen molar-refractivity contribution in [1.82, 2.24) is 15.1 Å². The number of rotatable bonds is 5.